The van der Waals surface area contributed by atoms with Crippen molar-refractivity contribution in [1.29, 1.82) is 0 Å². The smallest absolute Gasteiger partial charge is 0.260 e. The van der Waals surface area contributed by atoms with E-state index in [1.165, 1.54) is 6.08 Å². The van der Waals surface area contributed by atoms with Crippen molar-refractivity contribution in [3.63, 3.8) is 0 Å². The number of carbonyl (C=O) groups is 1. The molecule has 0 spiro atoms. The van der Waals surface area contributed by atoms with Crippen molar-refractivity contribution in [3.05, 3.63) is 105 Å². The predicted octanol–water partition coefficient (Wildman–Crippen LogP) is 5.79. The number of H-pyrrole nitrogens is 1. The van der Waals surface area contributed by atoms with Crippen molar-refractivity contribution >= 4 is 46.0 Å². The molecule has 0 radical (unpaired) electrons. The lowest BCUT2D eigenvalue weighted by Gasteiger charge is -2.12. The summed E-state index contributed by atoms with van der Waals surface area (Å²) in [5, 5.41) is 1.74. The largest absolute Gasteiger partial charge is 0.321 e. The third-order valence-electron chi connectivity index (χ3n) is 4.45. The van der Waals surface area contributed by atoms with Crippen LogP contribution in [-0.2, 0) is 0 Å². The number of allylic oxidation sites excluding steroid dienone is 1. The second-order valence-corrected chi connectivity index (χ2v) is 7.23. The van der Waals surface area contributed by atoms with Crippen molar-refractivity contribution in [1.82, 2.24) is 9.97 Å². The Bertz CT molecular complexity index is 1290. The number of carbonyl (C=O) groups excluding carboxylic acids is 1. The number of nitrogens with one attached hydrogen (secondary N) is 1. The summed E-state index contributed by atoms with van der Waals surface area (Å²) < 4.78 is 0. The number of benzene rings is 2. The van der Waals surface area contributed by atoms with Gasteiger partial charge in [0.05, 0.1) is 11.3 Å². The number of aromatic nitrogens is 2. The lowest BCUT2D eigenvalue weighted by molar-refractivity contribution is 0.104. The Balaban J connectivity index is 1.95. The van der Waals surface area contributed by atoms with Gasteiger partial charge in [0.1, 0.15) is 0 Å². The molecule has 0 aliphatic carbocycles. The van der Waals surface area contributed by atoms with Gasteiger partial charge in [-0.1, -0.05) is 41.4 Å². The molecule has 0 amide bonds. The summed E-state index contributed by atoms with van der Waals surface area (Å²) >= 11 is 12.2. The molecule has 29 heavy (non-hydrogen) atoms. The second kappa shape index (κ2) is 8.03. The molecule has 0 fully saturated rings. The van der Waals surface area contributed by atoms with Gasteiger partial charge in [0.25, 0.3) is 5.56 Å². The van der Waals surface area contributed by atoms with Crippen LogP contribution in [-0.4, -0.2) is 15.8 Å². The van der Waals surface area contributed by atoms with Gasteiger partial charge in [0, 0.05) is 32.7 Å². The van der Waals surface area contributed by atoms with Crippen LogP contribution in [0.2, 0.25) is 10.0 Å². The number of pyridine rings is 2. The lowest BCUT2D eigenvalue weighted by atomic mass is 9.94. The molecule has 0 atom stereocenters. The number of aromatic amines is 1. The predicted molar refractivity (Wildman–Crippen MR) is 118 cm³/mol. The Hall–Kier alpha value is -3.21. The third kappa shape index (κ3) is 3.99. The molecule has 2 aromatic carbocycles. The lowest BCUT2D eigenvalue weighted by Crippen LogP contribution is -2.18. The van der Waals surface area contributed by atoms with Crippen LogP contribution in [0.5, 0.6) is 0 Å². The van der Waals surface area contributed by atoms with E-state index in [1.54, 1.807) is 66.9 Å². The number of fused-ring (bicyclic) bond motifs is 1. The fourth-order valence-electron chi connectivity index (χ4n) is 3.14. The Morgan fingerprint density at radius 2 is 1.72 bits per heavy atom. The van der Waals surface area contributed by atoms with Crippen LogP contribution < -0.4 is 5.56 Å². The van der Waals surface area contributed by atoms with Gasteiger partial charge in [-0.25, -0.2) is 0 Å². The zero-order chi connectivity index (χ0) is 20.4. The molecule has 0 aliphatic rings. The van der Waals surface area contributed by atoms with Crippen LogP contribution in [0, 0.1) is 0 Å². The molecule has 142 valence electrons. The van der Waals surface area contributed by atoms with Crippen LogP contribution in [0.1, 0.15) is 16.1 Å². The van der Waals surface area contributed by atoms with Gasteiger partial charge in [-0.05, 0) is 60.2 Å². The van der Waals surface area contributed by atoms with Gasteiger partial charge in [0.2, 0.25) is 0 Å². The molecule has 0 saturated heterocycles. The van der Waals surface area contributed by atoms with Crippen molar-refractivity contribution in [3.8, 4) is 11.1 Å². The highest BCUT2D eigenvalue weighted by atomic mass is 35.5. The van der Waals surface area contributed by atoms with Crippen LogP contribution >= 0.6 is 23.2 Å². The quantitative estimate of drug-likeness (QED) is 0.335. The molecule has 1 N–H and O–H groups in total. The van der Waals surface area contributed by atoms with Crippen molar-refractivity contribution in [2.75, 3.05) is 0 Å². The minimum absolute atomic E-state index is 0.0364. The van der Waals surface area contributed by atoms with Gasteiger partial charge in [-0.3, -0.25) is 14.6 Å². The molecule has 6 heteroatoms. The first-order chi connectivity index (χ1) is 14.0. The first-order valence-electron chi connectivity index (χ1n) is 8.78. The van der Waals surface area contributed by atoms with Gasteiger partial charge in [0.15, 0.2) is 5.78 Å². The maximum absolute atomic E-state index is 13.0. The summed E-state index contributed by atoms with van der Waals surface area (Å²) in [4.78, 5) is 32.8. The fourth-order valence-corrected chi connectivity index (χ4v) is 3.43. The number of ketones is 1. The van der Waals surface area contributed by atoms with Crippen LogP contribution in [0.15, 0.2) is 77.7 Å². The first kappa shape index (κ1) is 19.1. The minimum Gasteiger partial charge on any atom is -0.321 e. The summed E-state index contributed by atoms with van der Waals surface area (Å²) in [5.41, 5.74) is 1.99. The van der Waals surface area contributed by atoms with E-state index >= 15 is 0 Å². The van der Waals surface area contributed by atoms with Gasteiger partial charge in [-0.15, -0.1) is 0 Å². The van der Waals surface area contributed by atoms with Gasteiger partial charge in [-0.2, -0.15) is 0 Å². The zero-order valence-electron chi connectivity index (χ0n) is 15.0. The Kier molecular flexibility index (Phi) is 5.30. The van der Waals surface area contributed by atoms with Crippen LogP contribution in [0.25, 0.3) is 28.1 Å². The molecule has 4 nitrogen and oxygen atoms in total. The van der Waals surface area contributed by atoms with E-state index in [4.69, 9.17) is 23.2 Å². The summed E-state index contributed by atoms with van der Waals surface area (Å²) in [6.45, 7) is 0. The fraction of sp³-hybridized carbons (Fsp3) is 0. The zero-order valence-corrected chi connectivity index (χ0v) is 16.5. The average molecular weight is 421 g/mol. The SMILES string of the molecule is O=C(/C=C/c1ccccn1)c1c(-c2ccc(Cl)cc2)c2cc(Cl)ccc2[nH]c1=O. The van der Waals surface area contributed by atoms with E-state index < -0.39 is 11.3 Å². The van der Waals surface area contributed by atoms with E-state index in [-0.39, 0.29) is 5.56 Å². The standard InChI is InChI=1S/C23H14Cl2N2O2/c24-15-6-4-14(5-7-15)21-18-13-16(25)8-10-19(18)27-23(29)22(21)20(28)11-9-17-3-1-2-12-26-17/h1-13H,(H,27,29)/b11-9+. The van der Waals surface area contributed by atoms with E-state index in [1.807, 2.05) is 6.07 Å². The Morgan fingerprint density at radius 3 is 2.45 bits per heavy atom. The summed E-state index contributed by atoms with van der Waals surface area (Å²) in [7, 11) is 0. The average Bonchev–Trinajstić information content (AvgIpc) is 2.73. The van der Waals surface area contributed by atoms with E-state index in [9.17, 15) is 9.59 Å². The van der Waals surface area contributed by atoms with Crippen LogP contribution in [0.3, 0.4) is 0 Å². The normalized spacial score (nSPS) is 11.2. The third-order valence-corrected chi connectivity index (χ3v) is 4.94. The highest BCUT2D eigenvalue weighted by Crippen LogP contribution is 2.32. The molecule has 0 bridgehead atoms. The van der Waals surface area contributed by atoms with Crippen LogP contribution in [0.4, 0.5) is 0 Å². The van der Waals surface area contributed by atoms with Gasteiger partial charge >= 0.3 is 0 Å². The monoisotopic (exact) mass is 420 g/mol. The molecular formula is C23H14Cl2N2O2. The molecule has 2 aromatic heterocycles. The molecule has 0 aliphatic heterocycles. The molecule has 4 aromatic rings. The maximum atomic E-state index is 13.0. The number of nitrogens with zero attached hydrogens (tertiary/aromatic N) is 1. The summed E-state index contributed by atoms with van der Waals surface area (Å²) in [5.74, 6) is -0.427. The number of halogens is 2. The topological polar surface area (TPSA) is 62.8 Å². The highest BCUT2D eigenvalue weighted by molar-refractivity contribution is 6.32. The maximum Gasteiger partial charge on any atom is 0.260 e. The Labute approximate surface area is 176 Å². The number of hydrogen-bond donors (Lipinski definition) is 1. The van der Waals surface area contributed by atoms with Gasteiger partial charge < -0.3 is 4.98 Å². The second-order valence-electron chi connectivity index (χ2n) is 6.35. The minimum atomic E-state index is -0.472. The van der Waals surface area contributed by atoms with E-state index in [0.29, 0.717) is 37.8 Å². The van der Waals surface area contributed by atoms with E-state index in [2.05, 4.69) is 9.97 Å². The molecule has 0 unspecified atom stereocenters. The van der Waals surface area contributed by atoms with E-state index in [0.717, 1.165) is 0 Å². The molecule has 0 saturated carbocycles. The number of rotatable bonds is 4. The molecular weight excluding hydrogens is 407 g/mol. The summed E-state index contributed by atoms with van der Waals surface area (Å²) in [6, 6.07) is 17.5. The van der Waals surface area contributed by atoms with Crippen molar-refractivity contribution in [2.45, 2.75) is 0 Å². The molecule has 2 heterocycles. The molecule has 4 rings (SSSR count). The Morgan fingerprint density at radius 1 is 0.966 bits per heavy atom. The van der Waals surface area contributed by atoms with Crippen molar-refractivity contribution < 1.29 is 4.79 Å². The number of hydrogen-bond acceptors (Lipinski definition) is 3. The summed E-state index contributed by atoms with van der Waals surface area (Å²) in [6.07, 6.45) is 4.56. The van der Waals surface area contributed by atoms with Crippen molar-refractivity contribution in [2.24, 2.45) is 0 Å². The highest BCUT2D eigenvalue weighted by Gasteiger charge is 2.19. The first-order valence-corrected chi connectivity index (χ1v) is 9.53.